The molecule has 2 aromatic carbocycles. The highest BCUT2D eigenvalue weighted by molar-refractivity contribution is 5.33. The van der Waals surface area contributed by atoms with Crippen LogP contribution in [-0.2, 0) is 12.8 Å². The van der Waals surface area contributed by atoms with Gasteiger partial charge in [-0.05, 0) is 48.8 Å². The molecule has 0 heterocycles. The number of rotatable bonds is 2. The van der Waals surface area contributed by atoms with Gasteiger partial charge in [-0.25, -0.2) is 0 Å². The summed E-state index contributed by atoms with van der Waals surface area (Å²) in [6, 6.07) is 17.6. The van der Waals surface area contributed by atoms with E-state index < -0.39 is 0 Å². The van der Waals surface area contributed by atoms with Gasteiger partial charge < -0.3 is 5.73 Å². The SMILES string of the molecule is Cc1cccc(CC2CCc3ccccc3C2N)c1. The summed E-state index contributed by atoms with van der Waals surface area (Å²) in [5, 5.41) is 0. The van der Waals surface area contributed by atoms with Crippen molar-refractivity contribution in [2.75, 3.05) is 0 Å². The zero-order chi connectivity index (χ0) is 13.2. The van der Waals surface area contributed by atoms with E-state index in [1.54, 1.807) is 0 Å². The molecule has 0 aromatic heterocycles. The molecule has 1 aliphatic rings. The van der Waals surface area contributed by atoms with Crippen molar-refractivity contribution in [3.63, 3.8) is 0 Å². The van der Waals surface area contributed by atoms with Crippen molar-refractivity contribution >= 4 is 0 Å². The molecule has 3 rings (SSSR count). The third-order valence-electron chi connectivity index (χ3n) is 4.29. The summed E-state index contributed by atoms with van der Waals surface area (Å²) in [6.07, 6.45) is 3.46. The lowest BCUT2D eigenvalue weighted by Crippen LogP contribution is -2.28. The van der Waals surface area contributed by atoms with Crippen LogP contribution in [0.5, 0.6) is 0 Å². The summed E-state index contributed by atoms with van der Waals surface area (Å²) in [7, 11) is 0. The van der Waals surface area contributed by atoms with Gasteiger partial charge in [0.05, 0.1) is 0 Å². The highest BCUT2D eigenvalue weighted by Gasteiger charge is 2.26. The second-order valence-electron chi connectivity index (χ2n) is 5.72. The van der Waals surface area contributed by atoms with Crippen LogP contribution >= 0.6 is 0 Å². The minimum Gasteiger partial charge on any atom is -0.324 e. The molecule has 98 valence electrons. The lowest BCUT2D eigenvalue weighted by molar-refractivity contribution is 0.376. The Morgan fingerprint density at radius 3 is 2.79 bits per heavy atom. The molecule has 2 atom stereocenters. The molecule has 2 N–H and O–H groups in total. The summed E-state index contributed by atoms with van der Waals surface area (Å²) in [4.78, 5) is 0. The molecule has 0 bridgehead atoms. The first-order valence-corrected chi connectivity index (χ1v) is 7.13. The quantitative estimate of drug-likeness (QED) is 0.863. The van der Waals surface area contributed by atoms with Crippen LogP contribution < -0.4 is 5.73 Å². The zero-order valence-corrected chi connectivity index (χ0v) is 11.5. The molecule has 2 aromatic rings. The Morgan fingerprint density at radius 1 is 1.11 bits per heavy atom. The number of hydrogen-bond acceptors (Lipinski definition) is 1. The van der Waals surface area contributed by atoms with Gasteiger partial charge in [-0.2, -0.15) is 0 Å². The van der Waals surface area contributed by atoms with Crippen LogP contribution in [0.1, 0.15) is 34.7 Å². The molecule has 0 aliphatic heterocycles. The van der Waals surface area contributed by atoms with Crippen LogP contribution in [0.15, 0.2) is 48.5 Å². The molecule has 1 nitrogen and oxygen atoms in total. The smallest absolute Gasteiger partial charge is 0.0329 e. The molecule has 19 heavy (non-hydrogen) atoms. The Labute approximate surface area is 115 Å². The van der Waals surface area contributed by atoms with Gasteiger partial charge in [-0.1, -0.05) is 54.1 Å². The maximum Gasteiger partial charge on any atom is 0.0329 e. The Balaban J connectivity index is 1.81. The van der Waals surface area contributed by atoms with E-state index in [0.29, 0.717) is 5.92 Å². The van der Waals surface area contributed by atoms with Crippen LogP contribution in [-0.4, -0.2) is 0 Å². The summed E-state index contributed by atoms with van der Waals surface area (Å²) in [5.41, 5.74) is 12.0. The normalized spacial score (nSPS) is 22.0. The number of aryl methyl sites for hydroxylation is 2. The molecule has 0 fully saturated rings. The van der Waals surface area contributed by atoms with E-state index in [1.165, 1.54) is 35.1 Å². The van der Waals surface area contributed by atoms with Gasteiger partial charge in [0.25, 0.3) is 0 Å². The van der Waals surface area contributed by atoms with E-state index in [0.717, 1.165) is 6.42 Å². The molecular formula is C18H21N. The molecule has 0 spiro atoms. The second kappa shape index (κ2) is 5.18. The van der Waals surface area contributed by atoms with Gasteiger partial charge in [0.2, 0.25) is 0 Å². The van der Waals surface area contributed by atoms with Gasteiger partial charge in [-0.15, -0.1) is 0 Å². The van der Waals surface area contributed by atoms with Gasteiger partial charge in [0.15, 0.2) is 0 Å². The van der Waals surface area contributed by atoms with Crippen molar-refractivity contribution in [3.05, 3.63) is 70.8 Å². The summed E-state index contributed by atoms with van der Waals surface area (Å²) in [6.45, 7) is 2.15. The van der Waals surface area contributed by atoms with Gasteiger partial charge >= 0.3 is 0 Å². The average Bonchev–Trinajstić information content (AvgIpc) is 2.42. The Hall–Kier alpha value is -1.60. The Morgan fingerprint density at radius 2 is 1.95 bits per heavy atom. The topological polar surface area (TPSA) is 26.0 Å². The standard InChI is InChI=1S/C18H21N/c1-13-5-4-6-14(11-13)12-16-10-9-15-7-2-3-8-17(15)18(16)19/h2-8,11,16,18H,9-10,12,19H2,1H3. The predicted octanol–water partition coefficient (Wildman–Crippen LogP) is 3.80. The molecule has 0 radical (unpaired) electrons. The van der Waals surface area contributed by atoms with Crippen LogP contribution in [0.3, 0.4) is 0 Å². The second-order valence-corrected chi connectivity index (χ2v) is 5.72. The summed E-state index contributed by atoms with van der Waals surface area (Å²) < 4.78 is 0. The van der Waals surface area contributed by atoms with Crippen LogP contribution in [0.2, 0.25) is 0 Å². The Bertz CT molecular complexity index is 573. The molecule has 0 saturated heterocycles. The van der Waals surface area contributed by atoms with Crippen LogP contribution in [0, 0.1) is 12.8 Å². The largest absolute Gasteiger partial charge is 0.324 e. The fraction of sp³-hybridized carbons (Fsp3) is 0.333. The van der Waals surface area contributed by atoms with Crippen molar-refractivity contribution in [1.29, 1.82) is 0 Å². The highest BCUT2D eigenvalue weighted by Crippen LogP contribution is 2.34. The third-order valence-corrected chi connectivity index (χ3v) is 4.29. The van der Waals surface area contributed by atoms with E-state index in [-0.39, 0.29) is 6.04 Å². The Kier molecular flexibility index (Phi) is 3.39. The lowest BCUT2D eigenvalue weighted by Gasteiger charge is -2.31. The molecule has 1 aliphatic carbocycles. The predicted molar refractivity (Wildman–Crippen MR) is 80.1 cm³/mol. The van der Waals surface area contributed by atoms with Gasteiger partial charge in [0, 0.05) is 6.04 Å². The fourth-order valence-electron chi connectivity index (χ4n) is 3.23. The first kappa shape index (κ1) is 12.4. The first-order chi connectivity index (χ1) is 9.24. The minimum absolute atomic E-state index is 0.186. The van der Waals surface area contributed by atoms with Crippen molar-refractivity contribution in [1.82, 2.24) is 0 Å². The monoisotopic (exact) mass is 251 g/mol. The number of benzene rings is 2. The fourth-order valence-corrected chi connectivity index (χ4v) is 3.23. The summed E-state index contributed by atoms with van der Waals surface area (Å²) >= 11 is 0. The average molecular weight is 251 g/mol. The number of hydrogen-bond donors (Lipinski definition) is 1. The molecule has 2 unspecified atom stereocenters. The van der Waals surface area contributed by atoms with Crippen LogP contribution in [0.4, 0.5) is 0 Å². The lowest BCUT2D eigenvalue weighted by atomic mass is 9.77. The number of fused-ring (bicyclic) bond motifs is 1. The third kappa shape index (κ3) is 2.57. The molecule has 1 heteroatoms. The van der Waals surface area contributed by atoms with Crippen molar-refractivity contribution in [2.24, 2.45) is 11.7 Å². The van der Waals surface area contributed by atoms with Crippen LogP contribution in [0.25, 0.3) is 0 Å². The molecule has 0 amide bonds. The maximum absolute atomic E-state index is 6.48. The minimum atomic E-state index is 0.186. The van der Waals surface area contributed by atoms with Crippen molar-refractivity contribution in [2.45, 2.75) is 32.2 Å². The van der Waals surface area contributed by atoms with Crippen molar-refractivity contribution in [3.8, 4) is 0 Å². The molecular weight excluding hydrogens is 230 g/mol. The summed E-state index contributed by atoms with van der Waals surface area (Å²) in [5.74, 6) is 0.566. The van der Waals surface area contributed by atoms with Crippen molar-refractivity contribution < 1.29 is 0 Å². The first-order valence-electron chi connectivity index (χ1n) is 7.13. The maximum atomic E-state index is 6.48. The van der Waals surface area contributed by atoms with E-state index >= 15 is 0 Å². The zero-order valence-electron chi connectivity index (χ0n) is 11.5. The highest BCUT2D eigenvalue weighted by atomic mass is 14.7. The van der Waals surface area contributed by atoms with Gasteiger partial charge in [-0.3, -0.25) is 0 Å². The van der Waals surface area contributed by atoms with E-state index in [4.69, 9.17) is 5.73 Å². The van der Waals surface area contributed by atoms with Gasteiger partial charge in [0.1, 0.15) is 0 Å². The number of nitrogens with two attached hydrogens (primary N) is 1. The van der Waals surface area contributed by atoms with E-state index in [2.05, 4.69) is 55.5 Å². The van der Waals surface area contributed by atoms with E-state index in [1.807, 2.05) is 0 Å². The van der Waals surface area contributed by atoms with E-state index in [9.17, 15) is 0 Å². The molecule has 0 saturated carbocycles.